The van der Waals surface area contributed by atoms with Crippen LogP contribution in [-0.2, 0) is 12.8 Å². The smallest absolute Gasteiger partial charge is 0.164 e. The second-order valence-electron chi connectivity index (χ2n) is 7.74. The second kappa shape index (κ2) is 7.36. The van der Waals surface area contributed by atoms with Crippen LogP contribution in [0.15, 0.2) is 54.6 Å². The predicted octanol–water partition coefficient (Wildman–Crippen LogP) is 5.67. The average molecular weight is 383 g/mol. The van der Waals surface area contributed by atoms with Crippen molar-refractivity contribution < 1.29 is 4.74 Å². The van der Waals surface area contributed by atoms with E-state index in [4.69, 9.17) is 14.8 Å². The Balaban J connectivity index is 1.81. The molecule has 0 amide bonds. The minimum atomic E-state index is 0.867. The summed E-state index contributed by atoms with van der Waals surface area (Å²) in [5.41, 5.74) is 8.15. The Labute approximate surface area is 171 Å². The van der Waals surface area contributed by atoms with Gasteiger partial charge in [-0.05, 0) is 80.1 Å². The third kappa shape index (κ3) is 3.09. The van der Waals surface area contributed by atoms with Crippen molar-refractivity contribution >= 4 is 11.0 Å². The quantitative estimate of drug-likeness (QED) is 0.428. The van der Waals surface area contributed by atoms with Gasteiger partial charge in [-0.1, -0.05) is 24.6 Å². The van der Waals surface area contributed by atoms with E-state index in [1.165, 1.54) is 35.8 Å². The molecule has 4 heteroatoms. The molecule has 0 atom stereocenters. The Morgan fingerprint density at radius 2 is 1.59 bits per heavy atom. The van der Waals surface area contributed by atoms with Crippen LogP contribution in [0, 0.1) is 6.92 Å². The Bertz CT molecular complexity index is 1160. The Morgan fingerprint density at radius 1 is 0.862 bits per heavy atom. The standard InChI is InChI=1S/C25H25N3O/c1-17-23-21-11-7-4-8-12-22(21)24(18-13-15-20(29-2)16-14-18)26-25(23)28(27-17)19-9-5-3-6-10-19/h3,5-6,9-10,13-16H,4,7-8,11-12H2,1-2H3. The van der Waals surface area contributed by atoms with Crippen LogP contribution in [0.1, 0.15) is 36.1 Å². The molecule has 2 aromatic heterocycles. The summed E-state index contributed by atoms with van der Waals surface area (Å²) in [6.45, 7) is 2.11. The number of methoxy groups -OCH3 is 1. The molecule has 0 radical (unpaired) electrons. The summed E-state index contributed by atoms with van der Waals surface area (Å²) >= 11 is 0. The lowest BCUT2D eigenvalue weighted by molar-refractivity contribution is 0.415. The molecule has 146 valence electrons. The Hall–Kier alpha value is -3.14. The van der Waals surface area contributed by atoms with Gasteiger partial charge in [-0.3, -0.25) is 0 Å². The number of hydrogen-bond donors (Lipinski definition) is 0. The molecule has 1 aliphatic carbocycles. The maximum Gasteiger partial charge on any atom is 0.164 e. The van der Waals surface area contributed by atoms with Gasteiger partial charge in [-0.2, -0.15) is 5.10 Å². The Kier molecular flexibility index (Phi) is 4.55. The lowest BCUT2D eigenvalue weighted by atomic mass is 9.94. The van der Waals surface area contributed by atoms with Gasteiger partial charge < -0.3 is 4.74 Å². The maximum atomic E-state index is 5.35. The summed E-state index contributed by atoms with van der Waals surface area (Å²) in [5.74, 6) is 0.867. The molecule has 2 heterocycles. The number of ether oxygens (including phenoxy) is 1. The molecule has 4 aromatic rings. The molecule has 29 heavy (non-hydrogen) atoms. The molecule has 0 bridgehead atoms. The lowest BCUT2D eigenvalue weighted by Crippen LogP contribution is -2.03. The molecule has 0 aliphatic heterocycles. The van der Waals surface area contributed by atoms with Gasteiger partial charge in [0.25, 0.3) is 0 Å². The molecule has 2 aromatic carbocycles. The zero-order valence-electron chi connectivity index (χ0n) is 17.0. The number of rotatable bonds is 3. The fourth-order valence-electron chi connectivity index (χ4n) is 4.50. The third-order valence-corrected chi connectivity index (χ3v) is 5.92. The van der Waals surface area contributed by atoms with E-state index in [-0.39, 0.29) is 0 Å². The van der Waals surface area contributed by atoms with E-state index in [1.54, 1.807) is 7.11 Å². The second-order valence-corrected chi connectivity index (χ2v) is 7.74. The van der Waals surface area contributed by atoms with E-state index < -0.39 is 0 Å². The van der Waals surface area contributed by atoms with Crippen molar-refractivity contribution in [1.82, 2.24) is 14.8 Å². The van der Waals surface area contributed by atoms with Crippen LogP contribution in [0.3, 0.4) is 0 Å². The highest BCUT2D eigenvalue weighted by molar-refractivity contribution is 5.88. The Morgan fingerprint density at radius 3 is 2.31 bits per heavy atom. The van der Waals surface area contributed by atoms with Crippen LogP contribution in [0.2, 0.25) is 0 Å². The molecular weight excluding hydrogens is 358 g/mol. The summed E-state index contributed by atoms with van der Waals surface area (Å²) in [5, 5.41) is 6.13. The van der Waals surface area contributed by atoms with Crippen molar-refractivity contribution in [2.75, 3.05) is 7.11 Å². The van der Waals surface area contributed by atoms with Crippen LogP contribution >= 0.6 is 0 Å². The highest BCUT2D eigenvalue weighted by atomic mass is 16.5. The molecule has 0 fully saturated rings. The minimum absolute atomic E-state index is 0.867. The normalized spacial score (nSPS) is 13.9. The molecule has 4 nitrogen and oxygen atoms in total. The number of nitrogens with zero attached hydrogens (tertiary/aromatic N) is 3. The summed E-state index contributed by atoms with van der Waals surface area (Å²) in [7, 11) is 1.70. The van der Waals surface area contributed by atoms with E-state index >= 15 is 0 Å². The monoisotopic (exact) mass is 383 g/mol. The first-order chi connectivity index (χ1) is 14.3. The maximum absolute atomic E-state index is 5.35. The molecular formula is C25H25N3O. The summed E-state index contributed by atoms with van der Waals surface area (Å²) in [6.07, 6.45) is 5.89. The predicted molar refractivity (Wildman–Crippen MR) is 117 cm³/mol. The first-order valence-electron chi connectivity index (χ1n) is 10.4. The summed E-state index contributed by atoms with van der Waals surface area (Å²) in [6, 6.07) is 18.6. The highest BCUT2D eigenvalue weighted by Gasteiger charge is 2.23. The zero-order chi connectivity index (χ0) is 19.8. The molecule has 0 unspecified atom stereocenters. The molecule has 0 saturated heterocycles. The first-order valence-corrected chi connectivity index (χ1v) is 10.4. The van der Waals surface area contributed by atoms with Crippen molar-refractivity contribution in [2.45, 2.75) is 39.0 Å². The molecule has 0 spiro atoms. The van der Waals surface area contributed by atoms with E-state index in [0.29, 0.717) is 0 Å². The van der Waals surface area contributed by atoms with Gasteiger partial charge in [-0.25, -0.2) is 9.67 Å². The molecule has 0 saturated carbocycles. The van der Waals surface area contributed by atoms with E-state index in [9.17, 15) is 0 Å². The number of benzene rings is 2. The molecule has 0 N–H and O–H groups in total. The number of para-hydroxylation sites is 1. The summed E-state index contributed by atoms with van der Waals surface area (Å²) < 4.78 is 7.36. The van der Waals surface area contributed by atoms with Crippen molar-refractivity contribution in [3.05, 3.63) is 71.4 Å². The van der Waals surface area contributed by atoms with Crippen LogP contribution in [0.5, 0.6) is 5.75 Å². The highest BCUT2D eigenvalue weighted by Crippen LogP contribution is 2.36. The van der Waals surface area contributed by atoms with Gasteiger partial charge in [-0.15, -0.1) is 0 Å². The third-order valence-electron chi connectivity index (χ3n) is 5.92. The van der Waals surface area contributed by atoms with Crippen molar-refractivity contribution in [1.29, 1.82) is 0 Å². The fourth-order valence-corrected chi connectivity index (χ4v) is 4.50. The average Bonchev–Trinajstić information content (AvgIpc) is 2.94. The van der Waals surface area contributed by atoms with Crippen LogP contribution < -0.4 is 4.74 Å². The lowest BCUT2D eigenvalue weighted by Gasteiger charge is -2.15. The zero-order valence-corrected chi connectivity index (χ0v) is 17.0. The number of pyridine rings is 1. The van der Waals surface area contributed by atoms with Crippen LogP contribution in [0.4, 0.5) is 0 Å². The van der Waals surface area contributed by atoms with E-state index in [2.05, 4.69) is 31.2 Å². The van der Waals surface area contributed by atoms with Crippen LogP contribution in [-0.4, -0.2) is 21.9 Å². The van der Waals surface area contributed by atoms with Gasteiger partial charge in [0.2, 0.25) is 0 Å². The molecule has 1 aliphatic rings. The summed E-state index contributed by atoms with van der Waals surface area (Å²) in [4.78, 5) is 5.21. The van der Waals surface area contributed by atoms with Crippen molar-refractivity contribution in [3.8, 4) is 22.7 Å². The van der Waals surface area contributed by atoms with Gasteiger partial charge in [0.15, 0.2) is 5.65 Å². The van der Waals surface area contributed by atoms with Crippen molar-refractivity contribution in [2.24, 2.45) is 0 Å². The fraction of sp³-hybridized carbons (Fsp3) is 0.280. The molecule has 5 rings (SSSR count). The van der Waals surface area contributed by atoms with Gasteiger partial charge in [0.05, 0.1) is 24.2 Å². The van der Waals surface area contributed by atoms with Gasteiger partial charge in [0, 0.05) is 10.9 Å². The topological polar surface area (TPSA) is 39.9 Å². The van der Waals surface area contributed by atoms with Crippen LogP contribution in [0.25, 0.3) is 28.0 Å². The number of hydrogen-bond acceptors (Lipinski definition) is 3. The van der Waals surface area contributed by atoms with E-state index in [0.717, 1.165) is 46.9 Å². The number of aryl methyl sites for hydroxylation is 2. The van der Waals surface area contributed by atoms with E-state index in [1.807, 2.05) is 35.0 Å². The van der Waals surface area contributed by atoms with Gasteiger partial charge >= 0.3 is 0 Å². The number of fused-ring (bicyclic) bond motifs is 3. The minimum Gasteiger partial charge on any atom is -0.497 e. The van der Waals surface area contributed by atoms with Crippen molar-refractivity contribution in [3.63, 3.8) is 0 Å². The van der Waals surface area contributed by atoms with Gasteiger partial charge in [0.1, 0.15) is 5.75 Å². The largest absolute Gasteiger partial charge is 0.497 e. The first kappa shape index (κ1) is 17.9. The SMILES string of the molecule is COc1ccc(-c2nc3c(c(C)nn3-c3ccccc3)c3c2CCCCC3)cc1. The number of aromatic nitrogens is 3.